The summed E-state index contributed by atoms with van der Waals surface area (Å²) in [5, 5.41) is 2.17. The molecule has 3 aromatic rings. The van der Waals surface area contributed by atoms with E-state index in [4.69, 9.17) is 4.74 Å². The van der Waals surface area contributed by atoms with Gasteiger partial charge < -0.3 is 9.30 Å². The molecule has 0 N–H and O–H groups in total. The highest BCUT2D eigenvalue weighted by Gasteiger charge is 2.25. The molecular weight excluding hydrogens is 352 g/mol. The summed E-state index contributed by atoms with van der Waals surface area (Å²) < 4.78 is 9.60. The van der Waals surface area contributed by atoms with Gasteiger partial charge in [-0.05, 0) is 36.5 Å². The largest absolute Gasteiger partial charge is 0.468 e. The Kier molecular flexibility index (Phi) is 5.00. The van der Waals surface area contributed by atoms with Gasteiger partial charge in [0, 0.05) is 29.4 Å². The summed E-state index contributed by atoms with van der Waals surface area (Å²) in [6.45, 7) is 7.26. The SMILES string of the molecule is CCCCn1c(=O)cc(CCC)c2cc3c(CCC)cc(=O)n4c3c(c21)OC4. The first-order valence-corrected chi connectivity index (χ1v) is 10.5. The molecule has 1 aliphatic rings. The van der Waals surface area contributed by atoms with E-state index in [1.165, 1.54) is 0 Å². The van der Waals surface area contributed by atoms with Crippen LogP contribution in [0.2, 0.25) is 0 Å². The molecule has 0 radical (unpaired) electrons. The Balaban J connectivity index is 2.18. The quantitative estimate of drug-likeness (QED) is 0.572. The zero-order valence-electron chi connectivity index (χ0n) is 17.0. The molecule has 0 bridgehead atoms. The van der Waals surface area contributed by atoms with Crippen LogP contribution in [0.25, 0.3) is 21.8 Å². The van der Waals surface area contributed by atoms with E-state index in [0.717, 1.165) is 71.5 Å². The molecule has 0 fully saturated rings. The minimum atomic E-state index is -0.0267. The van der Waals surface area contributed by atoms with Crippen LogP contribution in [0.5, 0.6) is 5.75 Å². The molecule has 28 heavy (non-hydrogen) atoms. The van der Waals surface area contributed by atoms with Crippen molar-refractivity contribution in [3.63, 3.8) is 0 Å². The third kappa shape index (κ3) is 2.84. The Hall–Kier alpha value is -2.56. The van der Waals surface area contributed by atoms with Gasteiger partial charge in [0.2, 0.25) is 0 Å². The summed E-state index contributed by atoms with van der Waals surface area (Å²) in [4.78, 5) is 25.6. The van der Waals surface area contributed by atoms with Gasteiger partial charge in [-0.3, -0.25) is 14.2 Å². The van der Waals surface area contributed by atoms with Gasteiger partial charge in [-0.25, -0.2) is 0 Å². The Morgan fingerprint density at radius 3 is 2.14 bits per heavy atom. The number of ether oxygens (including phenoxy) is 1. The fourth-order valence-electron chi connectivity index (χ4n) is 4.38. The van der Waals surface area contributed by atoms with Crippen LogP contribution in [0.3, 0.4) is 0 Å². The van der Waals surface area contributed by atoms with Gasteiger partial charge >= 0.3 is 0 Å². The molecule has 2 aromatic heterocycles. The monoisotopic (exact) mass is 380 g/mol. The van der Waals surface area contributed by atoms with Crippen LogP contribution in [0.15, 0.2) is 27.8 Å². The Morgan fingerprint density at radius 1 is 0.857 bits per heavy atom. The smallest absolute Gasteiger partial charge is 0.254 e. The topological polar surface area (TPSA) is 53.2 Å². The molecule has 0 amide bonds. The third-order valence-corrected chi connectivity index (χ3v) is 5.70. The van der Waals surface area contributed by atoms with Crippen molar-refractivity contribution in [3.05, 3.63) is 50.0 Å². The van der Waals surface area contributed by atoms with Gasteiger partial charge in [-0.1, -0.05) is 40.0 Å². The Morgan fingerprint density at radius 2 is 1.50 bits per heavy atom. The molecule has 0 spiro atoms. The van der Waals surface area contributed by atoms with Crippen LogP contribution in [0.1, 0.15) is 57.6 Å². The summed E-state index contributed by atoms with van der Waals surface area (Å²) in [5.74, 6) is 0.703. The van der Waals surface area contributed by atoms with Gasteiger partial charge in [0.25, 0.3) is 11.1 Å². The molecule has 4 rings (SSSR count). The lowest BCUT2D eigenvalue weighted by Crippen LogP contribution is -2.21. The minimum absolute atomic E-state index is 0.0223. The molecule has 0 aliphatic carbocycles. The molecule has 0 atom stereocenters. The van der Waals surface area contributed by atoms with E-state index in [2.05, 4.69) is 26.8 Å². The number of fused-ring (bicyclic) bond motifs is 2. The molecule has 0 unspecified atom stereocenters. The molecule has 5 heteroatoms. The van der Waals surface area contributed by atoms with Crippen LogP contribution in [0.4, 0.5) is 0 Å². The first kappa shape index (κ1) is 18.8. The van der Waals surface area contributed by atoms with Gasteiger partial charge in [-0.2, -0.15) is 0 Å². The van der Waals surface area contributed by atoms with Crippen LogP contribution in [-0.4, -0.2) is 9.13 Å². The fraction of sp³-hybridized carbons (Fsp3) is 0.478. The van der Waals surface area contributed by atoms with Crippen LogP contribution in [-0.2, 0) is 26.1 Å². The summed E-state index contributed by atoms with van der Waals surface area (Å²) >= 11 is 0. The fourth-order valence-corrected chi connectivity index (χ4v) is 4.38. The summed E-state index contributed by atoms with van der Waals surface area (Å²) in [6.07, 6.45) is 5.61. The van der Waals surface area contributed by atoms with Gasteiger partial charge in [0.1, 0.15) is 0 Å². The maximum absolute atomic E-state index is 12.9. The summed E-state index contributed by atoms with van der Waals surface area (Å²) in [5.41, 5.74) is 3.85. The van der Waals surface area contributed by atoms with Gasteiger partial charge in [0.05, 0.1) is 11.0 Å². The van der Waals surface area contributed by atoms with Crippen molar-refractivity contribution >= 4 is 21.8 Å². The van der Waals surface area contributed by atoms with Crippen LogP contribution >= 0.6 is 0 Å². The second kappa shape index (κ2) is 7.46. The van der Waals surface area contributed by atoms with Crippen molar-refractivity contribution in [2.24, 2.45) is 0 Å². The van der Waals surface area contributed by atoms with E-state index in [0.29, 0.717) is 12.3 Å². The molecular formula is C23H28N2O3. The first-order valence-electron chi connectivity index (χ1n) is 10.5. The Bertz CT molecular complexity index is 1170. The van der Waals surface area contributed by atoms with Crippen molar-refractivity contribution in [1.82, 2.24) is 9.13 Å². The molecule has 1 aromatic carbocycles. The van der Waals surface area contributed by atoms with Gasteiger partial charge in [-0.15, -0.1) is 0 Å². The van der Waals surface area contributed by atoms with Crippen molar-refractivity contribution in [1.29, 1.82) is 0 Å². The van der Waals surface area contributed by atoms with Crippen molar-refractivity contribution in [3.8, 4) is 5.75 Å². The van der Waals surface area contributed by atoms with Crippen LogP contribution in [0, 0.1) is 0 Å². The summed E-state index contributed by atoms with van der Waals surface area (Å²) in [6, 6.07) is 5.74. The highest BCUT2D eigenvalue weighted by atomic mass is 16.5. The number of aromatic nitrogens is 2. The number of unbranched alkanes of at least 4 members (excludes halogenated alkanes) is 1. The van der Waals surface area contributed by atoms with E-state index in [1.807, 2.05) is 4.57 Å². The van der Waals surface area contributed by atoms with Crippen molar-refractivity contribution in [2.45, 2.75) is 72.6 Å². The van der Waals surface area contributed by atoms with Gasteiger partial charge in [0.15, 0.2) is 12.5 Å². The lowest BCUT2D eigenvalue weighted by atomic mass is 9.97. The molecule has 0 saturated carbocycles. The minimum Gasteiger partial charge on any atom is -0.468 e. The highest BCUT2D eigenvalue weighted by molar-refractivity contribution is 6.05. The zero-order chi connectivity index (χ0) is 19.8. The average Bonchev–Trinajstić information content (AvgIpc) is 3.12. The van der Waals surface area contributed by atoms with Crippen molar-refractivity contribution < 1.29 is 4.74 Å². The lowest BCUT2D eigenvalue weighted by molar-refractivity contribution is 0.268. The second-order valence-corrected chi connectivity index (χ2v) is 7.72. The number of rotatable bonds is 7. The number of benzene rings is 1. The number of aryl methyl sites for hydroxylation is 3. The number of nitrogens with zero attached hydrogens (tertiary/aromatic N) is 2. The Labute approximate surface area is 164 Å². The molecule has 0 saturated heterocycles. The first-order chi connectivity index (χ1) is 13.6. The number of pyridine rings is 2. The molecule has 148 valence electrons. The maximum Gasteiger partial charge on any atom is 0.254 e. The zero-order valence-corrected chi connectivity index (χ0v) is 17.0. The number of hydrogen-bond donors (Lipinski definition) is 0. The number of hydrogen-bond acceptors (Lipinski definition) is 3. The normalized spacial score (nSPS) is 12.8. The molecule has 1 aliphatic heterocycles. The maximum atomic E-state index is 12.9. The predicted molar refractivity (Wildman–Crippen MR) is 114 cm³/mol. The summed E-state index contributed by atoms with van der Waals surface area (Å²) in [7, 11) is 0. The lowest BCUT2D eigenvalue weighted by Gasteiger charge is -2.17. The molecule has 3 heterocycles. The van der Waals surface area contributed by atoms with E-state index in [1.54, 1.807) is 16.7 Å². The van der Waals surface area contributed by atoms with Crippen molar-refractivity contribution in [2.75, 3.05) is 0 Å². The standard InChI is InChI=1S/C23H28N2O3/c1-4-7-10-24-19(26)11-15(8-5-2)17-13-18-16(9-6-3)12-20(27)25-14-28-23(21(17)24)22(18)25/h11-13H,4-10,14H2,1-3H3. The van der Waals surface area contributed by atoms with E-state index >= 15 is 0 Å². The average molecular weight is 380 g/mol. The highest BCUT2D eigenvalue weighted by Crippen LogP contribution is 2.40. The van der Waals surface area contributed by atoms with Crippen LogP contribution < -0.4 is 15.9 Å². The molecule has 5 nitrogen and oxygen atoms in total. The van der Waals surface area contributed by atoms with E-state index in [-0.39, 0.29) is 17.8 Å². The second-order valence-electron chi connectivity index (χ2n) is 7.72. The third-order valence-electron chi connectivity index (χ3n) is 5.70. The van der Waals surface area contributed by atoms with E-state index < -0.39 is 0 Å². The predicted octanol–water partition coefficient (Wildman–Crippen LogP) is 4.37. The van der Waals surface area contributed by atoms with E-state index in [9.17, 15) is 9.59 Å².